The van der Waals surface area contributed by atoms with Crippen LogP contribution in [0.2, 0.25) is 0 Å². The molecule has 0 aromatic carbocycles. The third-order valence-electron chi connectivity index (χ3n) is 5.58. The SMILES string of the molecule is COCCOc1ccc(NC(=O)NC2CCN(C(=O)NC3CCCCC3)CC2)cn1. The van der Waals surface area contributed by atoms with Crippen LogP contribution < -0.4 is 20.7 Å². The Labute approximate surface area is 177 Å². The second-order valence-corrected chi connectivity index (χ2v) is 7.87. The molecule has 1 aliphatic carbocycles. The maximum atomic E-state index is 12.4. The van der Waals surface area contributed by atoms with Crippen LogP contribution in [0.5, 0.6) is 5.88 Å². The van der Waals surface area contributed by atoms with Gasteiger partial charge in [-0.15, -0.1) is 0 Å². The van der Waals surface area contributed by atoms with E-state index in [1.54, 1.807) is 25.4 Å². The van der Waals surface area contributed by atoms with Crippen molar-refractivity contribution >= 4 is 17.7 Å². The number of carbonyl (C=O) groups is 2. The van der Waals surface area contributed by atoms with Crippen LogP contribution in [0.4, 0.5) is 15.3 Å². The molecule has 4 amide bonds. The van der Waals surface area contributed by atoms with Crippen molar-refractivity contribution in [3.63, 3.8) is 0 Å². The van der Waals surface area contributed by atoms with Gasteiger partial charge in [-0.1, -0.05) is 19.3 Å². The van der Waals surface area contributed by atoms with Crippen LogP contribution in [0.25, 0.3) is 0 Å². The fourth-order valence-corrected chi connectivity index (χ4v) is 3.86. The van der Waals surface area contributed by atoms with E-state index < -0.39 is 0 Å². The zero-order chi connectivity index (χ0) is 21.2. The minimum absolute atomic E-state index is 0.0312. The fraction of sp³-hybridized carbons (Fsp3) is 0.667. The number of hydrogen-bond acceptors (Lipinski definition) is 5. The van der Waals surface area contributed by atoms with Crippen molar-refractivity contribution in [2.75, 3.05) is 38.7 Å². The average molecular weight is 420 g/mol. The molecule has 166 valence electrons. The number of urea groups is 2. The van der Waals surface area contributed by atoms with Crippen molar-refractivity contribution in [1.82, 2.24) is 20.5 Å². The van der Waals surface area contributed by atoms with Crippen LogP contribution in [-0.4, -0.2) is 67.4 Å². The normalized spacial score (nSPS) is 18.0. The first-order valence-electron chi connectivity index (χ1n) is 10.8. The number of amides is 4. The smallest absolute Gasteiger partial charge is 0.319 e. The van der Waals surface area contributed by atoms with Crippen LogP contribution in [0, 0.1) is 0 Å². The first kappa shape index (κ1) is 22.1. The maximum Gasteiger partial charge on any atom is 0.319 e. The van der Waals surface area contributed by atoms with Gasteiger partial charge in [-0.05, 0) is 31.7 Å². The van der Waals surface area contributed by atoms with Gasteiger partial charge in [-0.25, -0.2) is 14.6 Å². The Hall–Kier alpha value is -2.55. The molecule has 0 spiro atoms. The van der Waals surface area contributed by atoms with E-state index in [-0.39, 0.29) is 18.1 Å². The summed E-state index contributed by atoms with van der Waals surface area (Å²) < 4.78 is 10.3. The number of ether oxygens (including phenoxy) is 2. The molecule has 2 fully saturated rings. The van der Waals surface area contributed by atoms with Crippen molar-refractivity contribution in [1.29, 1.82) is 0 Å². The van der Waals surface area contributed by atoms with E-state index in [1.807, 2.05) is 4.90 Å². The van der Waals surface area contributed by atoms with Crippen molar-refractivity contribution < 1.29 is 19.1 Å². The summed E-state index contributed by atoms with van der Waals surface area (Å²) in [5, 5.41) is 8.93. The molecule has 1 saturated heterocycles. The number of hydrogen-bond donors (Lipinski definition) is 3. The molecule has 1 aromatic rings. The highest BCUT2D eigenvalue weighted by Crippen LogP contribution is 2.18. The summed E-state index contributed by atoms with van der Waals surface area (Å²) in [7, 11) is 1.61. The minimum Gasteiger partial charge on any atom is -0.475 e. The maximum absolute atomic E-state index is 12.4. The Balaban J connectivity index is 1.35. The van der Waals surface area contributed by atoms with Gasteiger partial charge in [0.2, 0.25) is 5.88 Å². The van der Waals surface area contributed by atoms with Crippen molar-refractivity contribution in [3.8, 4) is 5.88 Å². The summed E-state index contributed by atoms with van der Waals surface area (Å²) in [4.78, 5) is 30.7. The Morgan fingerprint density at radius 3 is 2.43 bits per heavy atom. The van der Waals surface area contributed by atoms with Crippen LogP contribution in [0.3, 0.4) is 0 Å². The predicted octanol–water partition coefficient (Wildman–Crippen LogP) is 2.74. The van der Waals surface area contributed by atoms with E-state index in [0.29, 0.717) is 43.9 Å². The van der Waals surface area contributed by atoms with Gasteiger partial charge in [-0.3, -0.25) is 0 Å². The standard InChI is InChI=1S/C21H33N5O4/c1-29-13-14-30-19-8-7-18(15-22-19)24-20(27)23-17-9-11-26(12-10-17)21(28)25-16-5-3-2-4-6-16/h7-8,15-17H,2-6,9-14H2,1H3,(H,25,28)(H2,23,24,27). The van der Waals surface area contributed by atoms with Crippen LogP contribution >= 0.6 is 0 Å². The molecular weight excluding hydrogens is 386 g/mol. The number of rotatable bonds is 7. The molecule has 0 unspecified atom stereocenters. The lowest BCUT2D eigenvalue weighted by Gasteiger charge is -2.34. The molecule has 3 rings (SSSR count). The third-order valence-corrected chi connectivity index (χ3v) is 5.58. The molecular formula is C21H33N5O4. The van der Waals surface area contributed by atoms with Crippen LogP contribution in [0.15, 0.2) is 18.3 Å². The Bertz CT molecular complexity index is 670. The second kappa shape index (κ2) is 11.6. The fourth-order valence-electron chi connectivity index (χ4n) is 3.86. The largest absolute Gasteiger partial charge is 0.475 e. The number of likely N-dealkylation sites (tertiary alicyclic amines) is 1. The lowest BCUT2D eigenvalue weighted by molar-refractivity contribution is 0.144. The highest BCUT2D eigenvalue weighted by Gasteiger charge is 2.25. The monoisotopic (exact) mass is 419 g/mol. The van der Waals surface area contributed by atoms with Crippen molar-refractivity contribution in [3.05, 3.63) is 18.3 Å². The summed E-state index contributed by atoms with van der Waals surface area (Å²) >= 11 is 0. The van der Waals surface area contributed by atoms with Gasteiger partial charge in [0.25, 0.3) is 0 Å². The Kier molecular flexibility index (Phi) is 8.55. The van der Waals surface area contributed by atoms with Gasteiger partial charge in [0, 0.05) is 38.3 Å². The minimum atomic E-state index is -0.269. The van der Waals surface area contributed by atoms with Gasteiger partial charge >= 0.3 is 12.1 Å². The first-order chi connectivity index (χ1) is 14.6. The lowest BCUT2D eigenvalue weighted by atomic mass is 9.95. The molecule has 3 N–H and O–H groups in total. The van der Waals surface area contributed by atoms with Crippen molar-refractivity contribution in [2.24, 2.45) is 0 Å². The topological polar surface area (TPSA) is 105 Å². The van der Waals surface area contributed by atoms with Crippen LogP contribution in [0.1, 0.15) is 44.9 Å². The first-order valence-corrected chi connectivity index (χ1v) is 10.8. The van der Waals surface area contributed by atoms with E-state index in [0.717, 1.165) is 25.7 Å². The van der Waals surface area contributed by atoms with E-state index in [9.17, 15) is 9.59 Å². The quantitative estimate of drug-likeness (QED) is 0.590. The van der Waals surface area contributed by atoms with Crippen molar-refractivity contribution in [2.45, 2.75) is 57.0 Å². The number of aromatic nitrogens is 1. The molecule has 2 aliphatic rings. The molecule has 9 heteroatoms. The Morgan fingerprint density at radius 1 is 1.03 bits per heavy atom. The van der Waals surface area contributed by atoms with Crippen LogP contribution in [-0.2, 0) is 4.74 Å². The number of nitrogens with zero attached hydrogens (tertiary/aromatic N) is 2. The van der Waals surface area contributed by atoms with E-state index >= 15 is 0 Å². The molecule has 1 saturated carbocycles. The second-order valence-electron chi connectivity index (χ2n) is 7.87. The summed E-state index contributed by atoms with van der Waals surface area (Å²) in [6.07, 6.45) is 8.88. The van der Waals surface area contributed by atoms with Gasteiger partial charge < -0.3 is 30.3 Å². The number of pyridine rings is 1. The predicted molar refractivity (Wildman–Crippen MR) is 114 cm³/mol. The highest BCUT2D eigenvalue weighted by molar-refractivity contribution is 5.89. The molecule has 0 atom stereocenters. The summed E-state index contributed by atoms with van der Waals surface area (Å²) in [6, 6.07) is 3.58. The lowest BCUT2D eigenvalue weighted by Crippen LogP contribution is -2.52. The Morgan fingerprint density at radius 2 is 1.77 bits per heavy atom. The number of carbonyl (C=O) groups excluding carboxylic acids is 2. The molecule has 1 aromatic heterocycles. The van der Waals surface area contributed by atoms with E-state index in [2.05, 4.69) is 20.9 Å². The number of anilines is 1. The number of piperidine rings is 1. The molecule has 2 heterocycles. The molecule has 0 bridgehead atoms. The highest BCUT2D eigenvalue weighted by atomic mass is 16.5. The van der Waals surface area contributed by atoms with E-state index in [4.69, 9.17) is 9.47 Å². The van der Waals surface area contributed by atoms with Gasteiger partial charge in [-0.2, -0.15) is 0 Å². The van der Waals surface area contributed by atoms with Gasteiger partial charge in [0.1, 0.15) is 6.61 Å². The molecule has 1 aliphatic heterocycles. The summed E-state index contributed by atoms with van der Waals surface area (Å²) in [5.41, 5.74) is 0.593. The van der Waals surface area contributed by atoms with Gasteiger partial charge in [0.15, 0.2) is 0 Å². The zero-order valence-corrected chi connectivity index (χ0v) is 17.7. The average Bonchev–Trinajstić information content (AvgIpc) is 2.76. The number of methoxy groups -OCH3 is 1. The zero-order valence-electron chi connectivity index (χ0n) is 17.7. The third kappa shape index (κ3) is 7.05. The summed E-state index contributed by atoms with van der Waals surface area (Å²) in [6.45, 7) is 2.22. The summed E-state index contributed by atoms with van der Waals surface area (Å²) in [5.74, 6) is 0.483. The molecule has 30 heavy (non-hydrogen) atoms. The van der Waals surface area contributed by atoms with Gasteiger partial charge in [0.05, 0.1) is 18.5 Å². The van der Waals surface area contributed by atoms with E-state index in [1.165, 1.54) is 19.3 Å². The number of nitrogens with one attached hydrogen (secondary N) is 3. The molecule has 0 radical (unpaired) electrons. The molecule has 9 nitrogen and oxygen atoms in total.